The fourth-order valence-electron chi connectivity index (χ4n) is 1.98. The van der Waals surface area contributed by atoms with Crippen molar-refractivity contribution in [1.82, 2.24) is 10.7 Å². The van der Waals surface area contributed by atoms with Crippen LogP contribution in [0.1, 0.15) is 35.9 Å². The molecule has 1 heterocycles. The SMILES string of the molecule is CCCCNC(=S)NN=Cc1ccc(OC(=O)c2ccco2)c(OC)c1. The van der Waals surface area contributed by atoms with Gasteiger partial charge in [-0.2, -0.15) is 5.10 Å². The Bertz CT molecular complexity index is 760. The molecule has 0 fully saturated rings. The maximum atomic E-state index is 12.0. The van der Waals surface area contributed by atoms with Crippen LogP contribution in [0, 0.1) is 0 Å². The van der Waals surface area contributed by atoms with Gasteiger partial charge in [0.25, 0.3) is 0 Å². The summed E-state index contributed by atoms with van der Waals surface area (Å²) in [4.78, 5) is 12.0. The first kappa shape index (κ1) is 19.5. The minimum absolute atomic E-state index is 0.117. The first-order valence-corrected chi connectivity index (χ1v) is 8.55. The third kappa shape index (κ3) is 5.89. The number of ether oxygens (including phenoxy) is 2. The van der Waals surface area contributed by atoms with E-state index in [4.69, 9.17) is 26.1 Å². The number of nitrogens with zero attached hydrogens (tertiary/aromatic N) is 1. The fourth-order valence-corrected chi connectivity index (χ4v) is 2.13. The average Bonchev–Trinajstić information content (AvgIpc) is 3.18. The van der Waals surface area contributed by atoms with Crippen molar-refractivity contribution in [2.75, 3.05) is 13.7 Å². The van der Waals surface area contributed by atoms with Gasteiger partial charge in [-0.1, -0.05) is 13.3 Å². The standard InChI is InChI=1S/C18H21N3O4S/c1-3-4-9-19-18(26)21-20-12-13-7-8-14(16(11-13)23-2)25-17(22)15-6-5-10-24-15/h5-8,10-12H,3-4,9H2,1-2H3,(H2,19,21,26). The third-order valence-corrected chi connectivity index (χ3v) is 3.54. The normalized spacial score (nSPS) is 10.5. The van der Waals surface area contributed by atoms with E-state index < -0.39 is 5.97 Å². The molecule has 2 N–H and O–H groups in total. The van der Waals surface area contributed by atoms with Crippen LogP contribution in [0.25, 0.3) is 0 Å². The van der Waals surface area contributed by atoms with E-state index in [0.29, 0.717) is 10.9 Å². The zero-order valence-electron chi connectivity index (χ0n) is 14.7. The number of methoxy groups -OCH3 is 1. The average molecular weight is 375 g/mol. The number of hydrogen-bond donors (Lipinski definition) is 2. The van der Waals surface area contributed by atoms with Gasteiger partial charge in [0.15, 0.2) is 16.6 Å². The van der Waals surface area contributed by atoms with Gasteiger partial charge < -0.3 is 19.2 Å². The van der Waals surface area contributed by atoms with Crippen molar-refractivity contribution in [1.29, 1.82) is 0 Å². The molecule has 0 aliphatic rings. The molecule has 0 saturated carbocycles. The van der Waals surface area contributed by atoms with Crippen LogP contribution in [0.15, 0.2) is 46.1 Å². The van der Waals surface area contributed by atoms with Gasteiger partial charge in [0.1, 0.15) is 0 Å². The molecule has 138 valence electrons. The van der Waals surface area contributed by atoms with Crippen molar-refractivity contribution in [3.8, 4) is 11.5 Å². The number of nitrogens with one attached hydrogen (secondary N) is 2. The number of carbonyl (C=O) groups is 1. The van der Waals surface area contributed by atoms with Crippen LogP contribution in [0.4, 0.5) is 0 Å². The second-order valence-corrected chi connectivity index (χ2v) is 5.66. The van der Waals surface area contributed by atoms with Crippen LogP contribution < -0.4 is 20.2 Å². The summed E-state index contributed by atoms with van der Waals surface area (Å²) in [5.74, 6) is 0.208. The Morgan fingerprint density at radius 3 is 2.88 bits per heavy atom. The van der Waals surface area contributed by atoms with Crippen molar-refractivity contribution < 1.29 is 18.7 Å². The molecular formula is C18H21N3O4S. The van der Waals surface area contributed by atoms with Gasteiger partial charge in [0.2, 0.25) is 5.76 Å². The first-order valence-electron chi connectivity index (χ1n) is 8.14. The predicted molar refractivity (Wildman–Crippen MR) is 103 cm³/mol. The lowest BCUT2D eigenvalue weighted by atomic mass is 10.2. The van der Waals surface area contributed by atoms with E-state index in [-0.39, 0.29) is 11.5 Å². The van der Waals surface area contributed by atoms with Gasteiger partial charge in [-0.05, 0) is 54.5 Å². The highest BCUT2D eigenvalue weighted by atomic mass is 32.1. The summed E-state index contributed by atoms with van der Waals surface area (Å²) in [6.45, 7) is 2.92. The van der Waals surface area contributed by atoms with E-state index in [0.717, 1.165) is 24.9 Å². The minimum Gasteiger partial charge on any atom is -0.493 e. The zero-order valence-corrected chi connectivity index (χ0v) is 15.5. The Morgan fingerprint density at radius 1 is 1.35 bits per heavy atom. The first-order chi connectivity index (χ1) is 12.6. The lowest BCUT2D eigenvalue weighted by Gasteiger charge is -2.09. The molecule has 0 spiro atoms. The van der Waals surface area contributed by atoms with E-state index in [1.807, 2.05) is 0 Å². The van der Waals surface area contributed by atoms with Gasteiger partial charge in [0.05, 0.1) is 19.6 Å². The lowest BCUT2D eigenvalue weighted by Crippen LogP contribution is -2.32. The fraction of sp³-hybridized carbons (Fsp3) is 0.278. The number of hydrogen-bond acceptors (Lipinski definition) is 6. The van der Waals surface area contributed by atoms with Crippen LogP contribution in [0.5, 0.6) is 11.5 Å². The molecule has 26 heavy (non-hydrogen) atoms. The molecular weight excluding hydrogens is 354 g/mol. The van der Waals surface area contributed by atoms with Crippen molar-refractivity contribution in [2.45, 2.75) is 19.8 Å². The molecule has 0 saturated heterocycles. The molecule has 0 radical (unpaired) electrons. The monoisotopic (exact) mass is 375 g/mol. The zero-order chi connectivity index (χ0) is 18.8. The summed E-state index contributed by atoms with van der Waals surface area (Å²) < 4.78 is 15.6. The van der Waals surface area contributed by atoms with Crippen molar-refractivity contribution in [3.05, 3.63) is 47.9 Å². The van der Waals surface area contributed by atoms with Crippen LogP contribution in [-0.4, -0.2) is 31.0 Å². The number of unbranched alkanes of at least 4 members (excludes halogenated alkanes) is 1. The molecule has 8 heteroatoms. The molecule has 0 amide bonds. The molecule has 2 rings (SSSR count). The minimum atomic E-state index is -0.597. The van der Waals surface area contributed by atoms with E-state index in [2.05, 4.69) is 22.8 Å². The number of hydrazone groups is 1. The molecule has 7 nitrogen and oxygen atoms in total. The highest BCUT2D eigenvalue weighted by Gasteiger charge is 2.14. The van der Waals surface area contributed by atoms with Gasteiger partial charge in [-0.15, -0.1) is 0 Å². The van der Waals surface area contributed by atoms with Crippen LogP contribution in [0.2, 0.25) is 0 Å². The van der Waals surface area contributed by atoms with E-state index in [1.165, 1.54) is 19.4 Å². The van der Waals surface area contributed by atoms with Crippen LogP contribution in [-0.2, 0) is 0 Å². The predicted octanol–water partition coefficient (Wildman–Crippen LogP) is 3.11. The number of esters is 1. The second kappa shape index (κ2) is 10.2. The van der Waals surface area contributed by atoms with Crippen LogP contribution in [0.3, 0.4) is 0 Å². The third-order valence-electron chi connectivity index (χ3n) is 3.31. The number of furan rings is 1. The van der Waals surface area contributed by atoms with E-state index in [1.54, 1.807) is 30.5 Å². The summed E-state index contributed by atoms with van der Waals surface area (Å²) in [6.07, 6.45) is 5.13. The smallest absolute Gasteiger partial charge is 0.379 e. The Balaban J connectivity index is 1.96. The lowest BCUT2D eigenvalue weighted by molar-refractivity contribution is 0.0696. The molecule has 2 aromatic rings. The maximum absolute atomic E-state index is 12.0. The molecule has 1 aromatic heterocycles. The largest absolute Gasteiger partial charge is 0.493 e. The molecule has 0 aliphatic carbocycles. The molecule has 0 atom stereocenters. The highest BCUT2D eigenvalue weighted by Crippen LogP contribution is 2.28. The van der Waals surface area contributed by atoms with E-state index >= 15 is 0 Å². The Morgan fingerprint density at radius 2 is 2.19 bits per heavy atom. The van der Waals surface area contributed by atoms with Crippen molar-refractivity contribution in [3.63, 3.8) is 0 Å². The van der Waals surface area contributed by atoms with Crippen molar-refractivity contribution in [2.24, 2.45) is 5.10 Å². The van der Waals surface area contributed by atoms with E-state index in [9.17, 15) is 4.79 Å². The molecule has 0 unspecified atom stereocenters. The van der Waals surface area contributed by atoms with Crippen molar-refractivity contribution >= 4 is 29.5 Å². The number of thiocarbonyl (C=S) groups is 1. The summed E-state index contributed by atoms with van der Waals surface area (Å²) >= 11 is 5.11. The molecule has 1 aromatic carbocycles. The Labute approximate surface area is 157 Å². The second-order valence-electron chi connectivity index (χ2n) is 5.26. The Hall–Kier alpha value is -2.87. The highest BCUT2D eigenvalue weighted by molar-refractivity contribution is 7.80. The van der Waals surface area contributed by atoms with Crippen LogP contribution >= 0.6 is 12.2 Å². The van der Waals surface area contributed by atoms with Gasteiger partial charge in [-0.3, -0.25) is 5.43 Å². The molecule has 0 aliphatic heterocycles. The van der Waals surface area contributed by atoms with Gasteiger partial charge in [-0.25, -0.2) is 4.79 Å². The number of rotatable bonds is 8. The maximum Gasteiger partial charge on any atom is 0.379 e. The Kier molecular flexibility index (Phi) is 7.63. The summed E-state index contributed by atoms with van der Waals surface area (Å²) in [5, 5.41) is 7.59. The molecule has 0 bridgehead atoms. The summed E-state index contributed by atoms with van der Waals surface area (Å²) in [6, 6.07) is 8.20. The van der Waals surface area contributed by atoms with Gasteiger partial charge >= 0.3 is 5.97 Å². The number of carbonyl (C=O) groups excluding carboxylic acids is 1. The summed E-state index contributed by atoms with van der Waals surface area (Å²) in [5.41, 5.74) is 3.50. The van der Waals surface area contributed by atoms with Gasteiger partial charge in [0, 0.05) is 6.54 Å². The topological polar surface area (TPSA) is 85.1 Å². The quantitative estimate of drug-likeness (QED) is 0.183. The number of benzene rings is 1. The summed E-state index contributed by atoms with van der Waals surface area (Å²) in [7, 11) is 1.49.